The Balaban J connectivity index is 2.24. The fourth-order valence-electron chi connectivity index (χ4n) is 1.15. The maximum absolute atomic E-state index is 8.57. The normalized spacial score (nSPS) is 24.6. The van der Waals surface area contributed by atoms with Gasteiger partial charge in [-0.15, -0.1) is 0 Å². The minimum Gasteiger partial charge on any atom is -0.315 e. The predicted octanol–water partition coefficient (Wildman–Crippen LogP) is -0.784. The molecule has 0 aliphatic carbocycles. The van der Waals surface area contributed by atoms with Gasteiger partial charge in [-0.2, -0.15) is 5.48 Å². The fourth-order valence-corrected chi connectivity index (χ4v) is 1.15. The minimum atomic E-state index is 0.0853. The molecule has 0 radical (unpaired) electrons. The second-order valence-electron chi connectivity index (χ2n) is 2.59. The first-order chi connectivity index (χ1) is 4.84. The van der Waals surface area contributed by atoms with E-state index in [1.165, 1.54) is 0 Å². The zero-order valence-electron chi connectivity index (χ0n) is 6.30. The lowest BCUT2D eigenvalue weighted by molar-refractivity contribution is 0.0360. The van der Waals surface area contributed by atoms with Crippen LogP contribution in [0.1, 0.15) is 6.92 Å². The van der Waals surface area contributed by atoms with Crippen molar-refractivity contribution in [1.82, 2.24) is 15.7 Å². The highest BCUT2D eigenvalue weighted by Crippen LogP contribution is 1.95. The number of piperazine rings is 1. The van der Waals surface area contributed by atoms with Crippen molar-refractivity contribution >= 4 is 0 Å². The molecule has 4 nitrogen and oxygen atoms in total. The van der Waals surface area contributed by atoms with Crippen LogP contribution in [0.4, 0.5) is 0 Å². The van der Waals surface area contributed by atoms with Crippen molar-refractivity contribution in [2.75, 3.05) is 26.2 Å². The zero-order chi connectivity index (χ0) is 7.40. The second-order valence-corrected chi connectivity index (χ2v) is 2.59. The largest absolute Gasteiger partial charge is 0.315 e. The standard InChI is InChI=1S/C6H15N3O/c1-6(8-10)9-4-2-7-3-5-9/h6-8,10H,2-5H2,1H3. The first-order valence-corrected chi connectivity index (χ1v) is 3.69. The van der Waals surface area contributed by atoms with Gasteiger partial charge in [0.1, 0.15) is 0 Å². The molecule has 10 heavy (non-hydrogen) atoms. The molecular weight excluding hydrogens is 130 g/mol. The molecule has 1 atom stereocenters. The van der Waals surface area contributed by atoms with Crippen LogP contribution < -0.4 is 10.8 Å². The average molecular weight is 145 g/mol. The van der Waals surface area contributed by atoms with E-state index in [0.29, 0.717) is 0 Å². The zero-order valence-corrected chi connectivity index (χ0v) is 6.30. The summed E-state index contributed by atoms with van der Waals surface area (Å²) < 4.78 is 0. The molecule has 0 aromatic rings. The number of hydrogen-bond acceptors (Lipinski definition) is 4. The van der Waals surface area contributed by atoms with E-state index in [1.54, 1.807) is 0 Å². The Labute approximate surface area is 61.2 Å². The van der Waals surface area contributed by atoms with Crippen molar-refractivity contribution in [3.63, 3.8) is 0 Å². The molecule has 1 rings (SSSR count). The summed E-state index contributed by atoms with van der Waals surface area (Å²) in [6.45, 7) is 6.01. The van der Waals surface area contributed by atoms with Crippen LogP contribution in [-0.2, 0) is 0 Å². The molecule has 0 aromatic heterocycles. The van der Waals surface area contributed by atoms with Crippen LogP contribution in [0.5, 0.6) is 0 Å². The molecule has 0 amide bonds. The summed E-state index contributed by atoms with van der Waals surface area (Å²) in [5.74, 6) is 0. The van der Waals surface area contributed by atoms with Gasteiger partial charge in [-0.05, 0) is 6.92 Å². The van der Waals surface area contributed by atoms with Crippen LogP contribution in [0.15, 0.2) is 0 Å². The Kier molecular flexibility index (Phi) is 3.08. The number of hydrogen-bond donors (Lipinski definition) is 3. The SMILES string of the molecule is CC(NO)N1CCNCC1. The van der Waals surface area contributed by atoms with Gasteiger partial charge in [0.25, 0.3) is 0 Å². The summed E-state index contributed by atoms with van der Waals surface area (Å²) in [7, 11) is 0. The molecule has 0 aromatic carbocycles. The molecular formula is C6H15N3O. The van der Waals surface area contributed by atoms with Gasteiger partial charge in [-0.3, -0.25) is 4.90 Å². The number of rotatable bonds is 2. The summed E-state index contributed by atoms with van der Waals surface area (Å²) >= 11 is 0. The highest BCUT2D eigenvalue weighted by molar-refractivity contribution is 4.69. The van der Waals surface area contributed by atoms with Gasteiger partial charge in [0.2, 0.25) is 0 Å². The summed E-state index contributed by atoms with van der Waals surface area (Å²) in [4.78, 5) is 2.19. The Morgan fingerprint density at radius 3 is 2.60 bits per heavy atom. The molecule has 1 heterocycles. The van der Waals surface area contributed by atoms with Crippen LogP contribution in [0.25, 0.3) is 0 Å². The first-order valence-electron chi connectivity index (χ1n) is 3.69. The van der Waals surface area contributed by atoms with Crippen molar-refractivity contribution in [2.45, 2.75) is 13.1 Å². The highest BCUT2D eigenvalue weighted by Gasteiger charge is 2.14. The van der Waals surface area contributed by atoms with E-state index in [2.05, 4.69) is 15.7 Å². The smallest absolute Gasteiger partial charge is 0.0807 e. The monoisotopic (exact) mass is 145 g/mol. The lowest BCUT2D eigenvalue weighted by Crippen LogP contribution is -2.51. The third-order valence-corrected chi connectivity index (χ3v) is 1.89. The Hall–Kier alpha value is -0.160. The van der Waals surface area contributed by atoms with Gasteiger partial charge in [0, 0.05) is 26.2 Å². The summed E-state index contributed by atoms with van der Waals surface area (Å²) in [6.07, 6.45) is 0.0853. The Morgan fingerprint density at radius 1 is 1.50 bits per heavy atom. The summed E-state index contributed by atoms with van der Waals surface area (Å²) in [6, 6.07) is 0. The Morgan fingerprint density at radius 2 is 2.10 bits per heavy atom. The number of nitrogens with zero attached hydrogens (tertiary/aromatic N) is 1. The molecule has 1 aliphatic heterocycles. The highest BCUT2D eigenvalue weighted by atomic mass is 16.5. The topological polar surface area (TPSA) is 47.5 Å². The van der Waals surface area contributed by atoms with Crippen molar-refractivity contribution in [3.05, 3.63) is 0 Å². The number of nitrogens with one attached hydrogen (secondary N) is 2. The molecule has 3 N–H and O–H groups in total. The molecule has 0 spiro atoms. The van der Waals surface area contributed by atoms with Gasteiger partial charge in [-0.1, -0.05) is 0 Å². The van der Waals surface area contributed by atoms with Crippen LogP contribution in [0, 0.1) is 0 Å². The minimum absolute atomic E-state index is 0.0853. The third kappa shape index (κ3) is 1.91. The Bertz CT molecular complexity index is 93.0. The van der Waals surface area contributed by atoms with Crippen molar-refractivity contribution in [2.24, 2.45) is 0 Å². The molecule has 60 valence electrons. The predicted molar refractivity (Wildman–Crippen MR) is 38.8 cm³/mol. The average Bonchev–Trinajstić information content (AvgIpc) is 2.05. The van der Waals surface area contributed by atoms with Gasteiger partial charge in [0.05, 0.1) is 6.17 Å². The van der Waals surface area contributed by atoms with E-state index in [9.17, 15) is 0 Å². The van der Waals surface area contributed by atoms with E-state index in [-0.39, 0.29) is 6.17 Å². The third-order valence-electron chi connectivity index (χ3n) is 1.89. The van der Waals surface area contributed by atoms with Gasteiger partial charge in [0.15, 0.2) is 0 Å². The van der Waals surface area contributed by atoms with Crippen molar-refractivity contribution < 1.29 is 5.21 Å². The quantitative estimate of drug-likeness (QED) is 0.446. The van der Waals surface area contributed by atoms with E-state index in [4.69, 9.17) is 5.21 Å². The molecule has 0 saturated carbocycles. The van der Waals surface area contributed by atoms with Gasteiger partial charge in [-0.25, -0.2) is 0 Å². The second kappa shape index (κ2) is 3.88. The number of hydroxylamine groups is 1. The molecule has 1 fully saturated rings. The van der Waals surface area contributed by atoms with Crippen molar-refractivity contribution in [1.29, 1.82) is 0 Å². The van der Waals surface area contributed by atoms with E-state index >= 15 is 0 Å². The lowest BCUT2D eigenvalue weighted by atomic mass is 10.3. The van der Waals surface area contributed by atoms with E-state index in [1.807, 2.05) is 6.92 Å². The van der Waals surface area contributed by atoms with Gasteiger partial charge < -0.3 is 10.5 Å². The maximum Gasteiger partial charge on any atom is 0.0807 e. The lowest BCUT2D eigenvalue weighted by Gasteiger charge is -2.31. The van der Waals surface area contributed by atoms with Crippen molar-refractivity contribution in [3.8, 4) is 0 Å². The molecule has 1 saturated heterocycles. The molecule has 4 heteroatoms. The van der Waals surface area contributed by atoms with Gasteiger partial charge >= 0.3 is 0 Å². The fraction of sp³-hybridized carbons (Fsp3) is 1.00. The van der Waals surface area contributed by atoms with E-state index in [0.717, 1.165) is 26.2 Å². The van der Waals surface area contributed by atoms with Crippen LogP contribution in [0.3, 0.4) is 0 Å². The van der Waals surface area contributed by atoms with Crippen LogP contribution in [0.2, 0.25) is 0 Å². The van der Waals surface area contributed by atoms with Crippen LogP contribution in [-0.4, -0.2) is 42.5 Å². The first kappa shape index (κ1) is 7.94. The molecule has 1 aliphatic rings. The van der Waals surface area contributed by atoms with Crippen LogP contribution >= 0.6 is 0 Å². The summed E-state index contributed by atoms with van der Waals surface area (Å²) in [5.41, 5.74) is 2.23. The maximum atomic E-state index is 8.57. The summed E-state index contributed by atoms with van der Waals surface area (Å²) in [5, 5.41) is 11.8. The van der Waals surface area contributed by atoms with E-state index < -0.39 is 0 Å². The molecule has 1 unspecified atom stereocenters. The molecule has 0 bridgehead atoms.